The number of hydrogen-bond acceptors (Lipinski definition) is 2. The average Bonchev–Trinajstić information content (AvgIpc) is 2.83. The Morgan fingerprint density at radius 1 is 1.06 bits per heavy atom. The zero-order valence-electron chi connectivity index (χ0n) is 11.3. The molecule has 3 unspecified atom stereocenters. The minimum absolute atomic E-state index is 0.258. The third-order valence-corrected chi connectivity index (χ3v) is 6.19. The smallest absolute Gasteiger partial charge is 0.0829 e. The van der Waals surface area contributed by atoms with E-state index in [0.29, 0.717) is 11.3 Å². The topological polar surface area (TPSA) is 46.2 Å². The number of fused-ring (bicyclic) bond motifs is 2. The fourth-order valence-corrected chi connectivity index (χ4v) is 4.75. The third kappa shape index (κ3) is 1.67. The molecule has 0 aromatic rings. The predicted octanol–water partition coefficient (Wildman–Crippen LogP) is 2.84. The van der Waals surface area contributed by atoms with Crippen molar-refractivity contribution in [3.8, 4) is 0 Å². The zero-order chi connectivity index (χ0) is 12.3. The summed E-state index contributed by atoms with van der Waals surface area (Å²) in [4.78, 5) is 0. The summed E-state index contributed by atoms with van der Waals surface area (Å²) >= 11 is 0. The fourth-order valence-electron chi connectivity index (χ4n) is 4.75. The Balaban J connectivity index is 1.80. The van der Waals surface area contributed by atoms with E-state index in [4.69, 9.17) is 5.73 Å². The molecule has 98 valence electrons. The molecule has 0 radical (unpaired) electrons. The SMILES string of the molecule is CC1(C)CCC(O)(C2(N)CC3CCC2C3)CC1. The molecule has 0 saturated heterocycles. The summed E-state index contributed by atoms with van der Waals surface area (Å²) in [6.45, 7) is 4.63. The molecule has 0 aromatic carbocycles. The van der Waals surface area contributed by atoms with Crippen LogP contribution in [-0.4, -0.2) is 16.2 Å². The van der Waals surface area contributed by atoms with Crippen LogP contribution in [0.5, 0.6) is 0 Å². The Kier molecular flexibility index (Phi) is 2.45. The standard InChI is InChI=1S/C15H27NO/c1-13(2)5-7-14(17,8-6-13)15(16)10-11-3-4-12(15)9-11/h11-12,17H,3-10,16H2,1-2H3. The van der Waals surface area contributed by atoms with Crippen LogP contribution in [0.15, 0.2) is 0 Å². The summed E-state index contributed by atoms with van der Waals surface area (Å²) in [5, 5.41) is 11.1. The molecule has 3 N–H and O–H groups in total. The second-order valence-corrected chi connectivity index (χ2v) is 7.82. The Hall–Kier alpha value is -0.0800. The minimum Gasteiger partial charge on any atom is -0.388 e. The van der Waals surface area contributed by atoms with Gasteiger partial charge in [0.15, 0.2) is 0 Å². The van der Waals surface area contributed by atoms with E-state index in [2.05, 4.69) is 13.8 Å². The van der Waals surface area contributed by atoms with E-state index in [1.807, 2.05) is 0 Å². The van der Waals surface area contributed by atoms with Crippen LogP contribution in [0.4, 0.5) is 0 Å². The van der Waals surface area contributed by atoms with E-state index in [9.17, 15) is 5.11 Å². The summed E-state index contributed by atoms with van der Waals surface area (Å²) < 4.78 is 0. The van der Waals surface area contributed by atoms with Crippen molar-refractivity contribution in [1.29, 1.82) is 0 Å². The number of aliphatic hydroxyl groups is 1. The Morgan fingerprint density at radius 3 is 2.18 bits per heavy atom. The van der Waals surface area contributed by atoms with Gasteiger partial charge in [0.25, 0.3) is 0 Å². The van der Waals surface area contributed by atoms with Gasteiger partial charge in [0.1, 0.15) is 0 Å². The van der Waals surface area contributed by atoms with Gasteiger partial charge in [-0.25, -0.2) is 0 Å². The van der Waals surface area contributed by atoms with Crippen molar-refractivity contribution in [1.82, 2.24) is 0 Å². The molecule has 2 nitrogen and oxygen atoms in total. The quantitative estimate of drug-likeness (QED) is 0.736. The van der Waals surface area contributed by atoms with Gasteiger partial charge in [-0.2, -0.15) is 0 Å². The molecule has 0 spiro atoms. The van der Waals surface area contributed by atoms with Crippen molar-refractivity contribution in [3.05, 3.63) is 0 Å². The predicted molar refractivity (Wildman–Crippen MR) is 69.6 cm³/mol. The summed E-state index contributed by atoms with van der Waals surface area (Å²) in [5.74, 6) is 1.41. The van der Waals surface area contributed by atoms with Crippen molar-refractivity contribution in [2.75, 3.05) is 0 Å². The highest BCUT2D eigenvalue weighted by molar-refractivity contribution is 5.16. The monoisotopic (exact) mass is 237 g/mol. The lowest BCUT2D eigenvalue weighted by molar-refractivity contribution is -0.102. The van der Waals surface area contributed by atoms with Crippen molar-refractivity contribution in [2.24, 2.45) is 23.0 Å². The molecule has 3 rings (SSSR count). The van der Waals surface area contributed by atoms with Crippen LogP contribution in [0, 0.1) is 17.3 Å². The zero-order valence-corrected chi connectivity index (χ0v) is 11.3. The van der Waals surface area contributed by atoms with Gasteiger partial charge in [-0.3, -0.25) is 0 Å². The average molecular weight is 237 g/mol. The molecule has 3 aliphatic carbocycles. The van der Waals surface area contributed by atoms with E-state index in [-0.39, 0.29) is 5.54 Å². The molecule has 3 fully saturated rings. The van der Waals surface area contributed by atoms with Gasteiger partial charge in [0, 0.05) is 5.54 Å². The molecule has 0 aromatic heterocycles. The maximum atomic E-state index is 11.1. The summed E-state index contributed by atoms with van der Waals surface area (Å²) in [7, 11) is 0. The van der Waals surface area contributed by atoms with E-state index in [0.717, 1.165) is 38.0 Å². The number of nitrogens with two attached hydrogens (primary N) is 1. The van der Waals surface area contributed by atoms with Crippen LogP contribution in [0.2, 0.25) is 0 Å². The highest BCUT2D eigenvalue weighted by atomic mass is 16.3. The number of rotatable bonds is 1. The Morgan fingerprint density at radius 2 is 1.71 bits per heavy atom. The maximum Gasteiger partial charge on any atom is 0.0829 e. The van der Waals surface area contributed by atoms with Gasteiger partial charge < -0.3 is 10.8 Å². The Bertz CT molecular complexity index is 315. The maximum absolute atomic E-state index is 11.1. The van der Waals surface area contributed by atoms with Crippen LogP contribution >= 0.6 is 0 Å². The Labute approximate surface area is 105 Å². The second kappa shape index (κ2) is 3.48. The molecule has 3 saturated carbocycles. The van der Waals surface area contributed by atoms with Gasteiger partial charge in [0.05, 0.1) is 5.60 Å². The molecule has 17 heavy (non-hydrogen) atoms. The van der Waals surface area contributed by atoms with E-state index in [1.54, 1.807) is 0 Å². The highest BCUT2D eigenvalue weighted by Crippen LogP contribution is 2.57. The van der Waals surface area contributed by atoms with Gasteiger partial charge in [-0.05, 0) is 62.2 Å². The highest BCUT2D eigenvalue weighted by Gasteiger charge is 2.60. The largest absolute Gasteiger partial charge is 0.388 e. The first-order valence-corrected chi connectivity index (χ1v) is 7.36. The lowest BCUT2D eigenvalue weighted by Crippen LogP contribution is -2.65. The summed E-state index contributed by atoms with van der Waals surface area (Å²) in [5.41, 5.74) is 6.27. The molecule has 0 aliphatic heterocycles. The first kappa shape index (κ1) is 12.0. The molecule has 3 atom stereocenters. The summed E-state index contributed by atoms with van der Waals surface area (Å²) in [6, 6.07) is 0. The molecular formula is C15H27NO. The van der Waals surface area contributed by atoms with Crippen molar-refractivity contribution in [2.45, 2.75) is 76.4 Å². The van der Waals surface area contributed by atoms with Gasteiger partial charge in [-0.15, -0.1) is 0 Å². The third-order valence-electron chi connectivity index (χ3n) is 6.19. The lowest BCUT2D eigenvalue weighted by atomic mass is 9.60. The molecule has 2 bridgehead atoms. The van der Waals surface area contributed by atoms with Gasteiger partial charge in [0.2, 0.25) is 0 Å². The van der Waals surface area contributed by atoms with Gasteiger partial charge >= 0.3 is 0 Å². The van der Waals surface area contributed by atoms with Crippen molar-refractivity contribution < 1.29 is 5.11 Å². The van der Waals surface area contributed by atoms with Crippen molar-refractivity contribution in [3.63, 3.8) is 0 Å². The van der Waals surface area contributed by atoms with Crippen molar-refractivity contribution >= 4 is 0 Å². The fraction of sp³-hybridized carbons (Fsp3) is 1.00. The molecule has 0 amide bonds. The molecule has 0 heterocycles. The van der Waals surface area contributed by atoms with E-state index >= 15 is 0 Å². The van der Waals surface area contributed by atoms with Crippen LogP contribution in [0.25, 0.3) is 0 Å². The van der Waals surface area contributed by atoms with Crippen LogP contribution in [-0.2, 0) is 0 Å². The molecule has 3 aliphatic rings. The first-order chi connectivity index (χ1) is 7.85. The van der Waals surface area contributed by atoms with Crippen LogP contribution < -0.4 is 5.73 Å². The second-order valence-electron chi connectivity index (χ2n) is 7.82. The van der Waals surface area contributed by atoms with E-state index < -0.39 is 5.60 Å². The van der Waals surface area contributed by atoms with Gasteiger partial charge in [-0.1, -0.05) is 20.3 Å². The number of hydrogen-bond donors (Lipinski definition) is 2. The summed E-state index contributed by atoms with van der Waals surface area (Å²) in [6.07, 6.45) is 9.05. The lowest BCUT2D eigenvalue weighted by Gasteiger charge is -2.52. The normalized spacial score (nSPS) is 47.3. The van der Waals surface area contributed by atoms with Crippen LogP contribution in [0.3, 0.4) is 0 Å². The molecular weight excluding hydrogens is 210 g/mol. The molecule has 2 heteroatoms. The van der Waals surface area contributed by atoms with Crippen LogP contribution in [0.1, 0.15) is 65.2 Å². The first-order valence-electron chi connectivity index (χ1n) is 7.36. The van der Waals surface area contributed by atoms with E-state index in [1.165, 1.54) is 19.3 Å². The minimum atomic E-state index is -0.567.